The van der Waals surface area contributed by atoms with Gasteiger partial charge < -0.3 is 9.64 Å². The minimum absolute atomic E-state index is 0.165. The molecule has 1 aromatic heterocycles. The molecule has 174 valence electrons. The van der Waals surface area contributed by atoms with E-state index in [0.29, 0.717) is 41.6 Å². The van der Waals surface area contributed by atoms with Crippen LogP contribution in [-0.2, 0) is 9.59 Å². The molecular formula is C26H26N4O4. The number of H-pyrrole nitrogens is 1. The monoisotopic (exact) mass is 458 g/mol. The van der Waals surface area contributed by atoms with E-state index in [-0.39, 0.29) is 22.6 Å². The summed E-state index contributed by atoms with van der Waals surface area (Å²) in [5, 5.41) is 3.08. The van der Waals surface area contributed by atoms with Crippen molar-refractivity contribution in [3.63, 3.8) is 0 Å². The Morgan fingerprint density at radius 1 is 0.824 bits per heavy atom. The summed E-state index contributed by atoms with van der Waals surface area (Å²) in [6.07, 6.45) is 1.87. The van der Waals surface area contributed by atoms with Crippen molar-refractivity contribution in [2.45, 2.75) is 26.7 Å². The third-order valence-electron chi connectivity index (χ3n) is 6.43. The molecule has 1 N–H and O–H groups in total. The fourth-order valence-electron chi connectivity index (χ4n) is 4.66. The van der Waals surface area contributed by atoms with Crippen LogP contribution in [0.4, 0.5) is 5.69 Å². The minimum Gasteiger partial charge on any atom is -0.497 e. The molecule has 0 atom stereocenters. The Hall–Kier alpha value is -4.07. The van der Waals surface area contributed by atoms with Crippen molar-refractivity contribution in [1.29, 1.82) is 0 Å². The quantitative estimate of drug-likeness (QED) is 0.594. The number of methoxy groups -OCH3 is 1. The lowest BCUT2D eigenvalue weighted by molar-refractivity contribution is -0.120. The van der Waals surface area contributed by atoms with E-state index >= 15 is 0 Å². The molecule has 1 saturated heterocycles. The largest absolute Gasteiger partial charge is 0.497 e. The number of carbonyl (C=O) groups is 2. The van der Waals surface area contributed by atoms with E-state index < -0.39 is 5.91 Å². The Morgan fingerprint density at radius 3 is 2.06 bits per heavy atom. The van der Waals surface area contributed by atoms with Crippen molar-refractivity contribution >= 4 is 23.1 Å². The summed E-state index contributed by atoms with van der Waals surface area (Å²) in [5.74, 6) is -0.191. The van der Waals surface area contributed by atoms with Gasteiger partial charge in [0.1, 0.15) is 11.4 Å². The highest BCUT2D eigenvalue weighted by Gasteiger charge is 2.44. The van der Waals surface area contributed by atoms with Crippen molar-refractivity contribution in [2.75, 3.05) is 25.1 Å². The average Bonchev–Trinajstić information content (AvgIpc) is 3.52. The first kappa shape index (κ1) is 21.8. The lowest BCUT2D eigenvalue weighted by atomic mass is 10.0. The van der Waals surface area contributed by atoms with Crippen molar-refractivity contribution in [3.05, 3.63) is 81.4 Å². The second kappa shape index (κ2) is 8.37. The van der Waals surface area contributed by atoms with E-state index in [1.807, 2.05) is 24.0 Å². The molecule has 0 saturated carbocycles. The maximum atomic E-state index is 13.7. The number of aromatic nitrogens is 2. The predicted octanol–water partition coefficient (Wildman–Crippen LogP) is 3.17. The van der Waals surface area contributed by atoms with Gasteiger partial charge in [-0.15, -0.1) is 0 Å². The van der Waals surface area contributed by atoms with Crippen LogP contribution in [0.1, 0.15) is 29.7 Å². The number of carbonyl (C=O) groups excluding carboxylic acids is 2. The molecule has 2 aliphatic heterocycles. The van der Waals surface area contributed by atoms with Crippen LogP contribution >= 0.6 is 0 Å². The number of anilines is 1. The number of hydrogen-bond acceptors (Lipinski definition) is 5. The zero-order chi connectivity index (χ0) is 24.0. The number of nitrogens with zero attached hydrogens (tertiary/aromatic N) is 3. The van der Waals surface area contributed by atoms with E-state index in [0.717, 1.165) is 18.4 Å². The molecule has 0 aliphatic carbocycles. The van der Waals surface area contributed by atoms with Crippen LogP contribution < -0.4 is 15.2 Å². The number of aromatic amines is 1. The van der Waals surface area contributed by atoms with Gasteiger partial charge in [-0.05, 0) is 63.1 Å². The van der Waals surface area contributed by atoms with Crippen LogP contribution in [0.2, 0.25) is 0 Å². The van der Waals surface area contributed by atoms with Gasteiger partial charge in [0.05, 0.1) is 29.6 Å². The van der Waals surface area contributed by atoms with E-state index in [4.69, 9.17) is 4.74 Å². The van der Waals surface area contributed by atoms with Gasteiger partial charge in [0.15, 0.2) is 0 Å². The zero-order valence-electron chi connectivity index (χ0n) is 19.4. The molecule has 1 fully saturated rings. The fourth-order valence-corrected chi connectivity index (χ4v) is 4.66. The zero-order valence-corrected chi connectivity index (χ0v) is 19.4. The van der Waals surface area contributed by atoms with E-state index in [1.165, 1.54) is 9.58 Å². The lowest BCUT2D eigenvalue weighted by Gasteiger charge is -2.20. The molecule has 34 heavy (non-hydrogen) atoms. The number of hydrogen-bond donors (Lipinski definition) is 1. The first-order chi connectivity index (χ1) is 16.4. The highest BCUT2D eigenvalue weighted by Crippen LogP contribution is 2.36. The highest BCUT2D eigenvalue weighted by atomic mass is 16.5. The van der Waals surface area contributed by atoms with Crippen molar-refractivity contribution < 1.29 is 14.3 Å². The Kier molecular flexibility index (Phi) is 5.36. The van der Waals surface area contributed by atoms with Crippen LogP contribution in [-0.4, -0.2) is 46.7 Å². The van der Waals surface area contributed by atoms with Gasteiger partial charge in [0.25, 0.3) is 17.4 Å². The van der Waals surface area contributed by atoms with Crippen molar-refractivity contribution in [1.82, 2.24) is 14.7 Å². The number of aryl methyl sites for hydroxylation is 2. The number of likely N-dealkylation sites (tertiary alicyclic amines) is 1. The molecule has 8 heteroatoms. The smallest absolute Gasteiger partial charge is 0.282 e. The molecule has 0 radical (unpaired) electrons. The van der Waals surface area contributed by atoms with Gasteiger partial charge >= 0.3 is 0 Å². The number of amides is 2. The summed E-state index contributed by atoms with van der Waals surface area (Å²) in [5.41, 5.74) is 2.99. The third kappa shape index (κ3) is 3.42. The predicted molar refractivity (Wildman–Crippen MR) is 129 cm³/mol. The summed E-state index contributed by atoms with van der Waals surface area (Å²) in [4.78, 5) is 44.1. The van der Waals surface area contributed by atoms with Gasteiger partial charge in [-0.3, -0.25) is 19.5 Å². The SMILES string of the molecule is COc1ccc(-n2[nH]c(C)c(C3=C(N4CCCC4)C(=O)N(c4ccc(C)cc4)C3=O)c2=O)cc1. The molecule has 8 nitrogen and oxygen atoms in total. The van der Waals surface area contributed by atoms with Gasteiger partial charge in [-0.25, -0.2) is 9.58 Å². The molecule has 3 heterocycles. The van der Waals surface area contributed by atoms with Gasteiger partial charge in [-0.1, -0.05) is 17.7 Å². The topological polar surface area (TPSA) is 87.6 Å². The normalized spacial score (nSPS) is 16.2. The standard InChI is InChI=1S/C26H26N4O4/c1-16-6-8-18(9-7-16)29-24(31)22(23(26(29)33)28-14-4-5-15-28)21-17(2)27-30(25(21)32)19-10-12-20(34-3)13-11-19/h6-13,27H,4-5,14-15H2,1-3H3. The second-order valence-corrected chi connectivity index (χ2v) is 8.65. The van der Waals surface area contributed by atoms with Crippen molar-refractivity contribution in [2.24, 2.45) is 0 Å². The molecule has 0 unspecified atom stereocenters. The van der Waals surface area contributed by atoms with Crippen LogP contribution in [0, 0.1) is 13.8 Å². The van der Waals surface area contributed by atoms with E-state index in [1.54, 1.807) is 50.4 Å². The molecular weight excluding hydrogens is 432 g/mol. The van der Waals surface area contributed by atoms with Crippen LogP contribution in [0.15, 0.2) is 59.0 Å². The first-order valence-corrected chi connectivity index (χ1v) is 11.3. The average molecular weight is 459 g/mol. The van der Waals surface area contributed by atoms with E-state index in [2.05, 4.69) is 5.10 Å². The van der Waals surface area contributed by atoms with E-state index in [9.17, 15) is 14.4 Å². The number of nitrogens with one attached hydrogen (secondary N) is 1. The number of ether oxygens (including phenoxy) is 1. The third-order valence-corrected chi connectivity index (χ3v) is 6.43. The van der Waals surface area contributed by atoms with Crippen molar-refractivity contribution in [3.8, 4) is 11.4 Å². The molecule has 2 aliphatic rings. The molecule has 2 aromatic carbocycles. The molecule has 5 rings (SSSR count). The van der Waals surface area contributed by atoms with Gasteiger partial charge in [0, 0.05) is 18.8 Å². The lowest BCUT2D eigenvalue weighted by Crippen LogP contribution is -2.34. The minimum atomic E-state index is -0.475. The maximum Gasteiger partial charge on any atom is 0.282 e. The summed E-state index contributed by atoms with van der Waals surface area (Å²) in [6.45, 7) is 5.05. The fraction of sp³-hybridized carbons (Fsp3) is 0.269. The first-order valence-electron chi connectivity index (χ1n) is 11.3. The molecule has 2 amide bonds. The Morgan fingerprint density at radius 2 is 1.44 bits per heavy atom. The molecule has 3 aromatic rings. The summed E-state index contributed by atoms with van der Waals surface area (Å²) < 4.78 is 6.60. The highest BCUT2D eigenvalue weighted by molar-refractivity contribution is 6.45. The Balaban J connectivity index is 1.66. The second-order valence-electron chi connectivity index (χ2n) is 8.65. The number of benzene rings is 2. The van der Waals surface area contributed by atoms with Crippen LogP contribution in [0.25, 0.3) is 11.3 Å². The molecule has 0 spiro atoms. The maximum absolute atomic E-state index is 13.7. The van der Waals surface area contributed by atoms with Crippen LogP contribution in [0.3, 0.4) is 0 Å². The summed E-state index contributed by atoms with van der Waals surface area (Å²) in [6, 6.07) is 14.3. The van der Waals surface area contributed by atoms with Gasteiger partial charge in [-0.2, -0.15) is 0 Å². The summed E-state index contributed by atoms with van der Waals surface area (Å²) in [7, 11) is 1.58. The Labute approximate surface area is 197 Å². The van der Waals surface area contributed by atoms with Crippen LogP contribution in [0.5, 0.6) is 5.75 Å². The number of rotatable bonds is 5. The molecule has 0 bridgehead atoms. The van der Waals surface area contributed by atoms with Gasteiger partial charge in [0.2, 0.25) is 0 Å². The summed E-state index contributed by atoms with van der Waals surface area (Å²) >= 11 is 0. The Bertz CT molecular complexity index is 1360. The number of imide groups is 1.